The van der Waals surface area contributed by atoms with E-state index in [1.165, 1.54) is 43.3 Å². The van der Waals surface area contributed by atoms with Crippen LogP contribution in [0.1, 0.15) is 70.4 Å². The summed E-state index contributed by atoms with van der Waals surface area (Å²) in [5.41, 5.74) is -2.10. The van der Waals surface area contributed by atoms with Crippen LogP contribution in [0.3, 0.4) is 0 Å². The van der Waals surface area contributed by atoms with Gasteiger partial charge < -0.3 is 14.1 Å². The van der Waals surface area contributed by atoms with Gasteiger partial charge in [0.2, 0.25) is 5.60 Å². The van der Waals surface area contributed by atoms with E-state index in [2.05, 4.69) is 0 Å². The van der Waals surface area contributed by atoms with E-state index in [1.54, 1.807) is 69.3 Å². The Kier molecular flexibility index (Phi) is 7.14. The van der Waals surface area contributed by atoms with Gasteiger partial charge in [-0.3, -0.25) is 9.05 Å². The van der Waals surface area contributed by atoms with Crippen molar-refractivity contribution in [1.29, 1.82) is 0 Å². The maximum absolute atomic E-state index is 14.3. The van der Waals surface area contributed by atoms with E-state index in [0.717, 1.165) is 12.8 Å². The normalized spacial score (nSPS) is 26.6. The fraction of sp³-hybridized carbons (Fsp3) is 0.552. The van der Waals surface area contributed by atoms with E-state index in [1.807, 2.05) is 12.1 Å². The SMILES string of the molecule is CC(C)(C)OP(=O)(O)OC(C(=O)OC1CC2CCC(C1)[N+]21CCCC1)(c1ccccc1)c1ccccc1. The van der Waals surface area contributed by atoms with Crippen LogP contribution in [0.15, 0.2) is 60.7 Å². The summed E-state index contributed by atoms with van der Waals surface area (Å²) in [4.78, 5) is 25.2. The lowest BCUT2D eigenvalue weighted by molar-refractivity contribution is -0.956. The summed E-state index contributed by atoms with van der Waals surface area (Å²) < 4.78 is 32.2. The van der Waals surface area contributed by atoms with Gasteiger partial charge in [-0.1, -0.05) is 60.7 Å². The Morgan fingerprint density at radius 1 is 0.865 bits per heavy atom. The van der Waals surface area contributed by atoms with Crippen LogP contribution in [-0.2, 0) is 28.7 Å². The predicted molar refractivity (Wildman–Crippen MR) is 141 cm³/mol. The first kappa shape index (κ1) is 26.6. The number of esters is 1. The van der Waals surface area contributed by atoms with Crippen molar-refractivity contribution in [1.82, 2.24) is 0 Å². The van der Waals surface area contributed by atoms with E-state index in [0.29, 0.717) is 23.2 Å². The van der Waals surface area contributed by atoms with Gasteiger partial charge in [0.25, 0.3) is 0 Å². The predicted octanol–water partition coefficient (Wildman–Crippen LogP) is 5.71. The highest BCUT2D eigenvalue weighted by Gasteiger charge is 2.57. The molecule has 1 spiro atoms. The van der Waals surface area contributed by atoms with E-state index in [4.69, 9.17) is 13.8 Å². The van der Waals surface area contributed by atoms with Crippen LogP contribution in [0.5, 0.6) is 0 Å². The van der Waals surface area contributed by atoms with Crippen LogP contribution in [0.4, 0.5) is 0 Å². The van der Waals surface area contributed by atoms with Crippen molar-refractivity contribution in [2.24, 2.45) is 0 Å². The van der Waals surface area contributed by atoms with Gasteiger partial charge in [-0.05, 0) is 20.8 Å². The first-order chi connectivity index (χ1) is 17.5. The van der Waals surface area contributed by atoms with Gasteiger partial charge >= 0.3 is 13.8 Å². The first-order valence-corrected chi connectivity index (χ1v) is 15.0. The number of nitrogens with zero attached hydrogens (tertiary/aromatic N) is 1. The molecule has 0 radical (unpaired) electrons. The summed E-state index contributed by atoms with van der Waals surface area (Å²) in [6.45, 7) is 7.46. The molecular weight excluding hydrogens is 489 g/mol. The largest absolute Gasteiger partial charge is 0.474 e. The van der Waals surface area contributed by atoms with Crippen molar-refractivity contribution in [3.8, 4) is 0 Å². The number of quaternary nitrogens is 1. The summed E-state index contributed by atoms with van der Waals surface area (Å²) in [5, 5.41) is 0. The van der Waals surface area contributed by atoms with Crippen LogP contribution in [0.25, 0.3) is 0 Å². The van der Waals surface area contributed by atoms with Gasteiger partial charge in [0.05, 0.1) is 30.8 Å². The molecule has 0 saturated carbocycles. The van der Waals surface area contributed by atoms with Crippen molar-refractivity contribution in [2.45, 2.75) is 88.7 Å². The zero-order valence-electron chi connectivity index (χ0n) is 22.0. The molecule has 7 nitrogen and oxygen atoms in total. The standard InChI is InChI=1S/C29H38NO6P/c1-28(2,3)35-37(32,33)36-29(22-12-6-4-7-13-22,23-14-8-5-9-15-23)27(31)34-26-20-24-16-17-25(21-26)30(24)18-10-11-19-30/h4-9,12-15,24-26H,10-11,16-21H2,1-3H3/p+1. The Labute approximate surface area is 219 Å². The van der Waals surface area contributed by atoms with Gasteiger partial charge in [0, 0.05) is 49.7 Å². The third-order valence-corrected chi connectivity index (χ3v) is 9.60. The number of phosphoric ester groups is 1. The quantitative estimate of drug-likeness (QED) is 0.282. The molecule has 37 heavy (non-hydrogen) atoms. The number of carbonyl (C=O) groups excluding carboxylic acids is 1. The second kappa shape index (κ2) is 9.94. The van der Waals surface area contributed by atoms with E-state index in [-0.39, 0.29) is 6.10 Å². The van der Waals surface area contributed by atoms with Gasteiger partial charge in [-0.25, -0.2) is 9.36 Å². The minimum absolute atomic E-state index is 0.258. The summed E-state index contributed by atoms with van der Waals surface area (Å²) in [7, 11) is -4.71. The molecule has 3 unspecified atom stereocenters. The van der Waals surface area contributed by atoms with Crippen molar-refractivity contribution in [2.75, 3.05) is 13.1 Å². The van der Waals surface area contributed by atoms with E-state index < -0.39 is 25.0 Å². The Balaban J connectivity index is 1.51. The molecule has 3 atom stereocenters. The van der Waals surface area contributed by atoms with Gasteiger partial charge in [-0.2, -0.15) is 0 Å². The summed E-state index contributed by atoms with van der Waals surface area (Å²) >= 11 is 0. The van der Waals surface area contributed by atoms with Crippen molar-refractivity contribution in [3.05, 3.63) is 71.8 Å². The maximum atomic E-state index is 14.3. The van der Waals surface area contributed by atoms with Crippen molar-refractivity contribution < 1.29 is 32.5 Å². The molecule has 3 saturated heterocycles. The average molecular weight is 529 g/mol. The minimum Gasteiger partial charge on any atom is -0.459 e. The highest BCUT2D eigenvalue weighted by molar-refractivity contribution is 7.47. The molecule has 8 heteroatoms. The Hall–Kier alpha value is -2.02. The van der Waals surface area contributed by atoms with Crippen LogP contribution in [-0.4, -0.2) is 52.2 Å². The molecule has 3 aliphatic rings. The van der Waals surface area contributed by atoms with E-state index in [9.17, 15) is 14.3 Å². The Morgan fingerprint density at radius 3 is 1.81 bits per heavy atom. The molecule has 5 rings (SSSR count). The number of benzene rings is 2. The number of phosphoric acid groups is 1. The fourth-order valence-corrected chi connectivity index (χ4v) is 8.33. The number of ether oxygens (including phenoxy) is 1. The lowest BCUT2D eigenvalue weighted by Gasteiger charge is -2.47. The smallest absolute Gasteiger partial charge is 0.459 e. The molecule has 2 bridgehead atoms. The lowest BCUT2D eigenvalue weighted by atomic mass is 9.86. The average Bonchev–Trinajstić information content (AvgIpc) is 3.38. The molecule has 3 fully saturated rings. The fourth-order valence-electron chi connectivity index (χ4n) is 6.97. The number of hydrogen-bond donors (Lipinski definition) is 1. The van der Waals surface area contributed by atoms with Crippen molar-refractivity contribution >= 4 is 13.8 Å². The highest BCUT2D eigenvalue weighted by atomic mass is 31.2. The van der Waals surface area contributed by atoms with Crippen LogP contribution >= 0.6 is 7.82 Å². The van der Waals surface area contributed by atoms with Gasteiger partial charge in [-0.15, -0.1) is 0 Å². The molecule has 1 N–H and O–H groups in total. The van der Waals surface area contributed by atoms with Crippen molar-refractivity contribution in [3.63, 3.8) is 0 Å². The molecule has 3 aliphatic heterocycles. The number of piperidine rings is 1. The Bertz CT molecular complexity index is 1090. The number of rotatable bonds is 7. The summed E-state index contributed by atoms with van der Waals surface area (Å²) in [6.07, 6.45) is 6.26. The summed E-state index contributed by atoms with van der Waals surface area (Å²) in [6, 6.07) is 18.7. The van der Waals surface area contributed by atoms with Crippen LogP contribution in [0.2, 0.25) is 0 Å². The monoisotopic (exact) mass is 528 g/mol. The van der Waals surface area contributed by atoms with Gasteiger partial charge in [0.1, 0.15) is 6.10 Å². The zero-order valence-corrected chi connectivity index (χ0v) is 22.9. The highest BCUT2D eigenvalue weighted by Crippen LogP contribution is 2.55. The molecule has 2 aromatic rings. The number of carbonyl (C=O) groups is 1. The lowest BCUT2D eigenvalue weighted by Crippen LogP contribution is -2.60. The van der Waals surface area contributed by atoms with Crippen LogP contribution in [0, 0.1) is 0 Å². The zero-order chi connectivity index (χ0) is 26.3. The molecular formula is C29H39NO6P+. The number of hydrogen-bond acceptors (Lipinski definition) is 5. The molecule has 200 valence electrons. The Morgan fingerprint density at radius 2 is 1.35 bits per heavy atom. The molecule has 0 aromatic heterocycles. The maximum Gasteiger partial charge on any atom is 0.474 e. The first-order valence-electron chi connectivity index (χ1n) is 13.5. The molecule has 0 aliphatic carbocycles. The third kappa shape index (κ3) is 5.17. The van der Waals surface area contributed by atoms with Gasteiger partial charge in [0.15, 0.2) is 0 Å². The third-order valence-electron chi connectivity index (χ3n) is 8.32. The molecule has 0 amide bonds. The summed E-state index contributed by atoms with van der Waals surface area (Å²) in [5.74, 6) is -0.684. The minimum atomic E-state index is -4.71. The van der Waals surface area contributed by atoms with Crippen LogP contribution < -0.4 is 0 Å². The molecule has 3 heterocycles. The second-order valence-electron chi connectivity index (χ2n) is 11.8. The topological polar surface area (TPSA) is 82.1 Å². The second-order valence-corrected chi connectivity index (χ2v) is 13.1. The van der Waals surface area contributed by atoms with E-state index >= 15 is 0 Å². The molecule has 2 aromatic carbocycles.